The zero-order valence-electron chi connectivity index (χ0n) is 12.6. The van der Waals surface area contributed by atoms with Crippen molar-refractivity contribution >= 4 is 11.0 Å². The quantitative estimate of drug-likeness (QED) is 0.800. The monoisotopic (exact) mass is 281 g/mol. The summed E-state index contributed by atoms with van der Waals surface area (Å²) in [6.45, 7) is 4.57. The third-order valence-corrected chi connectivity index (χ3v) is 3.75. The second kappa shape index (κ2) is 5.26. The number of nitrogens with zero attached hydrogens (tertiary/aromatic N) is 4. The number of benzene rings is 1. The van der Waals surface area contributed by atoms with Gasteiger partial charge in [-0.15, -0.1) is 0 Å². The lowest BCUT2D eigenvalue weighted by molar-refractivity contribution is 0.880. The van der Waals surface area contributed by atoms with Crippen LogP contribution >= 0.6 is 0 Å². The number of hydrogen-bond donors (Lipinski definition) is 1. The molecule has 0 saturated carbocycles. The Bertz CT molecular complexity index is 804. The molecule has 21 heavy (non-hydrogen) atoms. The Kier molecular flexibility index (Phi) is 3.43. The van der Waals surface area contributed by atoms with Crippen LogP contribution in [0.4, 0.5) is 0 Å². The molecule has 3 rings (SSSR count). The highest BCUT2D eigenvalue weighted by atomic mass is 15.1. The van der Waals surface area contributed by atoms with E-state index in [9.17, 15) is 0 Å². The van der Waals surface area contributed by atoms with Crippen molar-refractivity contribution in [2.24, 2.45) is 12.8 Å². The highest BCUT2D eigenvalue weighted by Crippen LogP contribution is 2.26. The molecule has 2 aromatic heterocycles. The Morgan fingerprint density at radius 1 is 1.19 bits per heavy atom. The molecule has 2 heterocycles. The van der Waals surface area contributed by atoms with E-state index in [-0.39, 0.29) is 0 Å². The minimum Gasteiger partial charge on any atom is -0.327 e. The first kappa shape index (κ1) is 13.7. The normalized spacial score (nSPS) is 11.2. The van der Waals surface area contributed by atoms with Gasteiger partial charge >= 0.3 is 0 Å². The predicted octanol–water partition coefficient (Wildman–Crippen LogP) is 2.36. The molecule has 0 unspecified atom stereocenters. The third kappa shape index (κ3) is 2.29. The standard InChI is InChI=1S/C16H19N5/c1-4-13-12(7-10(2)19-20-13)16-18-14-6-5-11(9-17)8-15(14)21(16)3/h5-8H,4,9,17H2,1-3H3. The lowest BCUT2D eigenvalue weighted by Gasteiger charge is -2.07. The van der Waals surface area contributed by atoms with Crippen LogP contribution in [0.2, 0.25) is 0 Å². The molecule has 108 valence electrons. The highest BCUT2D eigenvalue weighted by molar-refractivity contribution is 5.81. The molecule has 5 heteroatoms. The van der Waals surface area contributed by atoms with Gasteiger partial charge in [0.15, 0.2) is 0 Å². The first-order valence-electron chi connectivity index (χ1n) is 7.13. The van der Waals surface area contributed by atoms with E-state index in [1.807, 2.05) is 26.1 Å². The molecule has 0 radical (unpaired) electrons. The van der Waals surface area contributed by atoms with E-state index in [2.05, 4.69) is 33.8 Å². The third-order valence-electron chi connectivity index (χ3n) is 3.75. The summed E-state index contributed by atoms with van der Waals surface area (Å²) in [5.74, 6) is 0.925. The van der Waals surface area contributed by atoms with Crippen molar-refractivity contribution in [3.8, 4) is 11.4 Å². The van der Waals surface area contributed by atoms with Crippen LogP contribution in [0.15, 0.2) is 24.3 Å². The van der Waals surface area contributed by atoms with Gasteiger partial charge in [-0.25, -0.2) is 4.98 Å². The fraction of sp³-hybridized carbons (Fsp3) is 0.312. The maximum atomic E-state index is 5.73. The maximum Gasteiger partial charge on any atom is 0.142 e. The van der Waals surface area contributed by atoms with Crippen molar-refractivity contribution in [2.75, 3.05) is 0 Å². The van der Waals surface area contributed by atoms with E-state index < -0.39 is 0 Å². The van der Waals surface area contributed by atoms with Gasteiger partial charge in [-0.3, -0.25) is 0 Å². The number of imidazole rings is 1. The SMILES string of the molecule is CCc1nnc(C)cc1-c1nc2ccc(CN)cc2n1C. The van der Waals surface area contributed by atoms with E-state index in [1.54, 1.807) is 0 Å². The zero-order chi connectivity index (χ0) is 15.0. The summed E-state index contributed by atoms with van der Waals surface area (Å²) < 4.78 is 2.10. The Hall–Kier alpha value is -2.27. The molecular formula is C16H19N5. The second-order valence-electron chi connectivity index (χ2n) is 5.22. The van der Waals surface area contributed by atoms with Crippen molar-refractivity contribution in [1.82, 2.24) is 19.7 Å². The molecule has 0 saturated heterocycles. The van der Waals surface area contributed by atoms with Crippen molar-refractivity contribution in [3.05, 3.63) is 41.2 Å². The largest absolute Gasteiger partial charge is 0.327 e. The molecule has 0 bridgehead atoms. The minimum atomic E-state index is 0.534. The van der Waals surface area contributed by atoms with Gasteiger partial charge in [-0.2, -0.15) is 10.2 Å². The van der Waals surface area contributed by atoms with Crippen LogP contribution in [-0.4, -0.2) is 19.7 Å². The summed E-state index contributed by atoms with van der Waals surface area (Å²) >= 11 is 0. The fourth-order valence-electron chi connectivity index (χ4n) is 2.57. The van der Waals surface area contributed by atoms with Crippen molar-refractivity contribution in [3.63, 3.8) is 0 Å². The van der Waals surface area contributed by atoms with Crippen LogP contribution in [0.1, 0.15) is 23.9 Å². The number of nitrogens with two attached hydrogens (primary N) is 1. The smallest absolute Gasteiger partial charge is 0.142 e. The van der Waals surface area contributed by atoms with Crippen LogP contribution in [0.25, 0.3) is 22.4 Å². The maximum absolute atomic E-state index is 5.73. The van der Waals surface area contributed by atoms with Gasteiger partial charge in [0.05, 0.1) is 22.4 Å². The van der Waals surface area contributed by atoms with E-state index in [4.69, 9.17) is 10.7 Å². The minimum absolute atomic E-state index is 0.534. The van der Waals surface area contributed by atoms with Crippen LogP contribution in [0, 0.1) is 6.92 Å². The van der Waals surface area contributed by atoms with E-state index in [0.29, 0.717) is 6.54 Å². The van der Waals surface area contributed by atoms with Gasteiger partial charge in [0, 0.05) is 19.2 Å². The molecular weight excluding hydrogens is 262 g/mol. The summed E-state index contributed by atoms with van der Waals surface area (Å²) in [6, 6.07) is 8.19. The molecule has 0 aliphatic heterocycles. The summed E-state index contributed by atoms with van der Waals surface area (Å²) in [5, 5.41) is 8.44. The van der Waals surface area contributed by atoms with E-state index >= 15 is 0 Å². The molecule has 1 aromatic carbocycles. The topological polar surface area (TPSA) is 69.6 Å². The zero-order valence-corrected chi connectivity index (χ0v) is 12.6. The van der Waals surface area contributed by atoms with Crippen LogP contribution < -0.4 is 5.73 Å². The Morgan fingerprint density at radius 2 is 2.00 bits per heavy atom. The second-order valence-corrected chi connectivity index (χ2v) is 5.22. The lowest BCUT2D eigenvalue weighted by Crippen LogP contribution is -2.01. The highest BCUT2D eigenvalue weighted by Gasteiger charge is 2.14. The molecule has 0 amide bonds. The predicted molar refractivity (Wildman–Crippen MR) is 83.7 cm³/mol. The number of hydrogen-bond acceptors (Lipinski definition) is 4. The van der Waals surface area contributed by atoms with Crippen molar-refractivity contribution in [2.45, 2.75) is 26.8 Å². The average Bonchev–Trinajstić information content (AvgIpc) is 2.83. The van der Waals surface area contributed by atoms with Gasteiger partial charge in [0.25, 0.3) is 0 Å². The molecule has 5 nitrogen and oxygen atoms in total. The van der Waals surface area contributed by atoms with Gasteiger partial charge in [-0.1, -0.05) is 13.0 Å². The van der Waals surface area contributed by atoms with E-state index in [1.165, 1.54) is 0 Å². The summed E-state index contributed by atoms with van der Waals surface area (Å²) in [6.07, 6.45) is 0.833. The number of rotatable bonds is 3. The lowest BCUT2D eigenvalue weighted by atomic mass is 10.1. The van der Waals surface area contributed by atoms with Gasteiger partial charge in [0.1, 0.15) is 5.82 Å². The molecule has 0 spiro atoms. The molecule has 0 fully saturated rings. The Morgan fingerprint density at radius 3 is 2.71 bits per heavy atom. The molecule has 3 aromatic rings. The molecule has 2 N–H and O–H groups in total. The summed E-state index contributed by atoms with van der Waals surface area (Å²) in [7, 11) is 2.03. The number of aromatic nitrogens is 4. The fourth-order valence-corrected chi connectivity index (χ4v) is 2.57. The van der Waals surface area contributed by atoms with Crippen molar-refractivity contribution < 1.29 is 0 Å². The molecule has 0 aliphatic carbocycles. The van der Waals surface area contributed by atoms with Crippen LogP contribution in [0.5, 0.6) is 0 Å². The van der Waals surface area contributed by atoms with E-state index in [0.717, 1.165) is 45.8 Å². The Labute approximate surface area is 123 Å². The first-order chi connectivity index (χ1) is 10.1. The van der Waals surface area contributed by atoms with Gasteiger partial charge in [0.2, 0.25) is 0 Å². The molecule has 0 atom stereocenters. The average molecular weight is 281 g/mol. The Balaban J connectivity index is 2.26. The first-order valence-corrected chi connectivity index (χ1v) is 7.13. The van der Waals surface area contributed by atoms with Crippen LogP contribution in [-0.2, 0) is 20.0 Å². The number of fused-ring (bicyclic) bond motifs is 1. The number of aryl methyl sites for hydroxylation is 3. The van der Waals surface area contributed by atoms with Gasteiger partial charge < -0.3 is 10.3 Å². The molecule has 0 aliphatic rings. The summed E-state index contributed by atoms with van der Waals surface area (Å²) in [4.78, 5) is 4.76. The summed E-state index contributed by atoms with van der Waals surface area (Å²) in [5.41, 5.74) is 11.8. The van der Waals surface area contributed by atoms with Crippen molar-refractivity contribution in [1.29, 1.82) is 0 Å². The van der Waals surface area contributed by atoms with Gasteiger partial charge in [-0.05, 0) is 37.1 Å². The van der Waals surface area contributed by atoms with Crippen LogP contribution in [0.3, 0.4) is 0 Å².